The lowest BCUT2D eigenvalue weighted by atomic mass is 10.2. The number of hydrogen-bond acceptors (Lipinski definition) is 3. The lowest BCUT2D eigenvalue weighted by Crippen LogP contribution is -2.35. The van der Waals surface area contributed by atoms with Crippen LogP contribution in [0.1, 0.15) is 19.4 Å². The average molecular weight is 289 g/mol. The molecule has 0 unspecified atom stereocenters. The topological polar surface area (TPSA) is 83.5 Å². The van der Waals surface area contributed by atoms with E-state index in [0.717, 1.165) is 0 Å². The normalized spacial score (nSPS) is 12.4. The van der Waals surface area contributed by atoms with Crippen LogP contribution in [0.3, 0.4) is 0 Å². The number of aliphatic carboxylic acids is 1. The maximum atomic E-state index is 13.3. The molecule has 2 N–H and O–H groups in total. The van der Waals surface area contributed by atoms with Crippen LogP contribution < -0.4 is 4.72 Å². The quantitative estimate of drug-likeness (QED) is 0.828. The highest BCUT2D eigenvalue weighted by molar-refractivity contribution is 7.89. The van der Waals surface area contributed by atoms with Crippen LogP contribution in [0.15, 0.2) is 29.2 Å². The first-order valence-electron chi connectivity index (χ1n) is 5.59. The first-order valence-corrected chi connectivity index (χ1v) is 7.08. The predicted octanol–water partition coefficient (Wildman–Crippen LogP) is 1.34. The Morgan fingerprint density at radius 2 is 1.84 bits per heavy atom. The molecular formula is C12H16FNO4S. The van der Waals surface area contributed by atoms with Crippen LogP contribution in [-0.2, 0) is 21.2 Å². The van der Waals surface area contributed by atoms with E-state index in [-0.39, 0.29) is 17.9 Å². The molecule has 0 saturated carbocycles. The molecule has 0 atom stereocenters. The van der Waals surface area contributed by atoms with Gasteiger partial charge in [-0.2, -0.15) is 0 Å². The number of carbonyl (C=O) groups is 1. The van der Waals surface area contributed by atoms with Gasteiger partial charge in [-0.1, -0.05) is 12.1 Å². The van der Waals surface area contributed by atoms with E-state index in [1.807, 2.05) is 0 Å². The van der Waals surface area contributed by atoms with Gasteiger partial charge in [0.15, 0.2) is 0 Å². The summed E-state index contributed by atoms with van der Waals surface area (Å²) in [6.45, 7) is 2.21. The van der Waals surface area contributed by atoms with Crippen molar-refractivity contribution in [3.8, 4) is 0 Å². The number of alkyl halides is 1. The number of hydrogen-bond donors (Lipinski definition) is 2. The van der Waals surface area contributed by atoms with Gasteiger partial charge in [0, 0.05) is 6.54 Å². The van der Waals surface area contributed by atoms with E-state index in [2.05, 4.69) is 4.72 Å². The Morgan fingerprint density at radius 1 is 1.32 bits per heavy atom. The van der Waals surface area contributed by atoms with Gasteiger partial charge >= 0.3 is 5.97 Å². The number of carboxylic acid groups (broad SMARTS) is 1. The average Bonchev–Trinajstić information content (AvgIpc) is 2.26. The molecule has 5 nitrogen and oxygen atoms in total. The molecule has 0 fully saturated rings. The summed E-state index contributed by atoms with van der Waals surface area (Å²) < 4.78 is 39.0. The van der Waals surface area contributed by atoms with Crippen molar-refractivity contribution in [3.63, 3.8) is 0 Å². The molecular weight excluding hydrogens is 273 g/mol. The van der Waals surface area contributed by atoms with Crippen LogP contribution in [-0.4, -0.2) is 31.7 Å². The Hall–Kier alpha value is -1.47. The smallest absolute Gasteiger partial charge is 0.307 e. The lowest BCUT2D eigenvalue weighted by molar-refractivity contribution is -0.136. The van der Waals surface area contributed by atoms with E-state index in [9.17, 15) is 17.6 Å². The molecule has 0 spiro atoms. The first-order chi connectivity index (χ1) is 8.60. The van der Waals surface area contributed by atoms with Crippen molar-refractivity contribution < 1.29 is 22.7 Å². The highest BCUT2D eigenvalue weighted by Crippen LogP contribution is 2.13. The summed E-state index contributed by atoms with van der Waals surface area (Å²) in [6.07, 6.45) is -0.175. The monoisotopic (exact) mass is 289 g/mol. The molecule has 106 valence electrons. The van der Waals surface area contributed by atoms with E-state index >= 15 is 0 Å². The Balaban J connectivity index is 2.82. The number of halogens is 1. The SMILES string of the molecule is CC(C)(F)CNS(=O)(=O)c1ccc(CC(=O)O)cc1. The highest BCUT2D eigenvalue weighted by atomic mass is 32.2. The van der Waals surface area contributed by atoms with Crippen molar-refractivity contribution in [2.75, 3.05) is 6.54 Å². The molecule has 19 heavy (non-hydrogen) atoms. The summed E-state index contributed by atoms with van der Waals surface area (Å²) >= 11 is 0. The van der Waals surface area contributed by atoms with Gasteiger partial charge in [0.25, 0.3) is 0 Å². The van der Waals surface area contributed by atoms with Gasteiger partial charge in [-0.15, -0.1) is 0 Å². The minimum atomic E-state index is -3.78. The van der Waals surface area contributed by atoms with Gasteiger partial charge in [-0.05, 0) is 31.5 Å². The standard InChI is InChI=1S/C12H16FNO4S/c1-12(2,13)8-14-19(17,18)10-5-3-9(4-6-10)7-11(15)16/h3-6,14H,7-8H2,1-2H3,(H,15,16). The third kappa shape index (κ3) is 5.35. The Morgan fingerprint density at radius 3 is 2.26 bits per heavy atom. The Bertz CT molecular complexity index is 546. The zero-order valence-electron chi connectivity index (χ0n) is 10.7. The minimum Gasteiger partial charge on any atom is -0.481 e. The van der Waals surface area contributed by atoms with Crippen LogP contribution in [0, 0.1) is 0 Å². The third-order valence-corrected chi connectivity index (χ3v) is 3.69. The van der Waals surface area contributed by atoms with Crippen molar-refractivity contribution in [3.05, 3.63) is 29.8 Å². The fraction of sp³-hybridized carbons (Fsp3) is 0.417. The van der Waals surface area contributed by atoms with Gasteiger partial charge < -0.3 is 5.11 Å². The number of nitrogens with one attached hydrogen (secondary N) is 1. The molecule has 0 aliphatic rings. The van der Waals surface area contributed by atoms with Gasteiger partial charge in [0.05, 0.1) is 11.3 Å². The van der Waals surface area contributed by atoms with Crippen LogP contribution >= 0.6 is 0 Å². The maximum absolute atomic E-state index is 13.3. The molecule has 0 aliphatic heterocycles. The largest absolute Gasteiger partial charge is 0.481 e. The molecule has 0 aromatic heterocycles. The summed E-state index contributed by atoms with van der Waals surface area (Å²) in [5.74, 6) is -0.993. The van der Waals surface area contributed by atoms with Crippen molar-refractivity contribution in [2.45, 2.75) is 30.8 Å². The Labute approximate surface area is 111 Å². The third-order valence-electron chi connectivity index (χ3n) is 2.27. The molecule has 0 radical (unpaired) electrons. The van der Waals surface area contributed by atoms with Crippen molar-refractivity contribution >= 4 is 16.0 Å². The molecule has 1 aromatic carbocycles. The molecule has 0 aliphatic carbocycles. The predicted molar refractivity (Wildman–Crippen MR) is 68.2 cm³/mol. The van der Waals surface area contributed by atoms with Crippen LogP contribution in [0.25, 0.3) is 0 Å². The molecule has 0 amide bonds. The molecule has 1 aromatic rings. The van der Waals surface area contributed by atoms with E-state index in [4.69, 9.17) is 5.11 Å². The van der Waals surface area contributed by atoms with E-state index in [0.29, 0.717) is 5.56 Å². The fourth-order valence-electron chi connectivity index (χ4n) is 1.31. The van der Waals surface area contributed by atoms with Crippen molar-refractivity contribution in [1.82, 2.24) is 4.72 Å². The van der Waals surface area contributed by atoms with Crippen molar-refractivity contribution in [2.24, 2.45) is 0 Å². The minimum absolute atomic E-state index is 0.0223. The zero-order valence-corrected chi connectivity index (χ0v) is 11.5. The first kappa shape index (κ1) is 15.6. The summed E-state index contributed by atoms with van der Waals surface area (Å²) in [5.41, 5.74) is -1.15. The summed E-state index contributed by atoms with van der Waals surface area (Å²) in [7, 11) is -3.78. The van der Waals surface area contributed by atoms with Crippen LogP contribution in [0.4, 0.5) is 4.39 Å². The highest BCUT2D eigenvalue weighted by Gasteiger charge is 2.21. The number of sulfonamides is 1. The summed E-state index contributed by atoms with van der Waals surface area (Å²) in [4.78, 5) is 10.5. The van der Waals surface area contributed by atoms with Crippen LogP contribution in [0.5, 0.6) is 0 Å². The zero-order chi connectivity index (χ0) is 14.7. The number of benzene rings is 1. The molecule has 0 bridgehead atoms. The van der Waals surface area contributed by atoms with E-state index < -0.39 is 21.7 Å². The second-order valence-electron chi connectivity index (χ2n) is 4.76. The molecule has 7 heteroatoms. The van der Waals surface area contributed by atoms with Gasteiger partial charge in [-0.25, -0.2) is 17.5 Å². The lowest BCUT2D eigenvalue weighted by Gasteiger charge is -2.15. The molecule has 1 rings (SSSR count). The number of rotatable bonds is 6. The van der Waals surface area contributed by atoms with Gasteiger partial charge in [0.2, 0.25) is 10.0 Å². The number of carboxylic acids is 1. The Kier molecular flexibility index (Phi) is 4.65. The molecule has 0 heterocycles. The van der Waals surface area contributed by atoms with Crippen molar-refractivity contribution in [1.29, 1.82) is 0 Å². The summed E-state index contributed by atoms with van der Waals surface area (Å²) in [5, 5.41) is 8.60. The molecule has 0 saturated heterocycles. The van der Waals surface area contributed by atoms with Crippen LogP contribution in [0.2, 0.25) is 0 Å². The maximum Gasteiger partial charge on any atom is 0.307 e. The van der Waals surface area contributed by atoms with E-state index in [1.54, 1.807) is 0 Å². The fourth-order valence-corrected chi connectivity index (χ4v) is 2.51. The second-order valence-corrected chi connectivity index (χ2v) is 6.52. The summed E-state index contributed by atoms with van der Waals surface area (Å²) in [6, 6.07) is 5.43. The van der Waals surface area contributed by atoms with E-state index in [1.165, 1.54) is 38.1 Å². The van der Waals surface area contributed by atoms with Gasteiger partial charge in [-0.3, -0.25) is 4.79 Å². The second kappa shape index (κ2) is 5.66. The van der Waals surface area contributed by atoms with Gasteiger partial charge in [0.1, 0.15) is 5.67 Å².